The van der Waals surface area contributed by atoms with Crippen molar-refractivity contribution < 1.29 is 4.79 Å². The summed E-state index contributed by atoms with van der Waals surface area (Å²) in [5.41, 5.74) is 4.14. The molecular weight excluding hydrogens is 286 g/mol. The van der Waals surface area contributed by atoms with Gasteiger partial charge in [0.1, 0.15) is 0 Å². The van der Waals surface area contributed by atoms with Crippen LogP contribution in [0, 0.1) is 6.92 Å². The molecule has 2 aromatic rings. The van der Waals surface area contributed by atoms with Crippen molar-refractivity contribution in [3.8, 4) is 0 Å². The zero-order chi connectivity index (χ0) is 16.7. The first-order chi connectivity index (χ1) is 11.1. The van der Waals surface area contributed by atoms with Gasteiger partial charge in [0, 0.05) is 30.2 Å². The Morgan fingerprint density at radius 2 is 1.48 bits per heavy atom. The third kappa shape index (κ3) is 5.02. The standard InChI is InChI=1S/C19H25N3O/c1-4-22(5-2)18-12-10-16(11-13-18)20-14-19(23)21-17-8-6-15(3)7-9-17/h6-13,20H,4-5,14H2,1-3H3,(H,21,23). The van der Waals surface area contributed by atoms with Crippen LogP contribution in [0.1, 0.15) is 19.4 Å². The van der Waals surface area contributed by atoms with Crippen molar-refractivity contribution in [2.75, 3.05) is 35.2 Å². The van der Waals surface area contributed by atoms with Crippen LogP contribution >= 0.6 is 0 Å². The number of nitrogens with zero attached hydrogens (tertiary/aromatic N) is 1. The zero-order valence-electron chi connectivity index (χ0n) is 14.1. The molecule has 122 valence electrons. The fourth-order valence-corrected chi connectivity index (χ4v) is 2.40. The second-order valence-corrected chi connectivity index (χ2v) is 5.49. The van der Waals surface area contributed by atoms with Gasteiger partial charge in [-0.1, -0.05) is 17.7 Å². The van der Waals surface area contributed by atoms with Crippen LogP contribution in [0.4, 0.5) is 17.1 Å². The maximum atomic E-state index is 12.0. The molecule has 0 aliphatic carbocycles. The highest BCUT2D eigenvalue weighted by molar-refractivity contribution is 5.93. The fraction of sp³-hybridized carbons (Fsp3) is 0.316. The molecule has 4 nitrogen and oxygen atoms in total. The molecule has 0 bridgehead atoms. The second kappa shape index (κ2) is 8.22. The molecule has 0 heterocycles. The van der Waals surface area contributed by atoms with Crippen LogP contribution in [0.5, 0.6) is 0 Å². The van der Waals surface area contributed by atoms with E-state index in [1.165, 1.54) is 11.3 Å². The minimum Gasteiger partial charge on any atom is -0.376 e. The lowest BCUT2D eigenvalue weighted by Crippen LogP contribution is -2.22. The van der Waals surface area contributed by atoms with Crippen molar-refractivity contribution in [3.63, 3.8) is 0 Å². The van der Waals surface area contributed by atoms with Gasteiger partial charge in [-0.05, 0) is 57.2 Å². The third-order valence-electron chi connectivity index (χ3n) is 3.78. The average Bonchev–Trinajstić information content (AvgIpc) is 2.57. The largest absolute Gasteiger partial charge is 0.376 e. The van der Waals surface area contributed by atoms with E-state index in [4.69, 9.17) is 0 Å². The van der Waals surface area contributed by atoms with Crippen molar-refractivity contribution in [2.24, 2.45) is 0 Å². The van der Waals surface area contributed by atoms with Crippen molar-refractivity contribution in [1.29, 1.82) is 0 Å². The first kappa shape index (κ1) is 16.9. The molecule has 2 rings (SSSR count). The number of hydrogen-bond acceptors (Lipinski definition) is 3. The number of rotatable bonds is 7. The molecule has 0 saturated carbocycles. The highest BCUT2D eigenvalue weighted by Gasteiger charge is 2.04. The molecule has 0 unspecified atom stereocenters. The summed E-state index contributed by atoms with van der Waals surface area (Å²) in [5.74, 6) is -0.0540. The Morgan fingerprint density at radius 3 is 2.04 bits per heavy atom. The van der Waals surface area contributed by atoms with Crippen LogP contribution in [0.15, 0.2) is 48.5 Å². The van der Waals surface area contributed by atoms with Crippen LogP contribution in [0.25, 0.3) is 0 Å². The monoisotopic (exact) mass is 311 g/mol. The molecule has 0 aromatic heterocycles. The Kier molecular flexibility index (Phi) is 6.03. The van der Waals surface area contributed by atoms with Crippen molar-refractivity contribution in [1.82, 2.24) is 0 Å². The molecule has 23 heavy (non-hydrogen) atoms. The molecule has 0 atom stereocenters. The summed E-state index contributed by atoms with van der Waals surface area (Å²) in [5, 5.41) is 6.03. The number of carbonyl (C=O) groups excluding carboxylic acids is 1. The van der Waals surface area contributed by atoms with Crippen LogP contribution in [0.3, 0.4) is 0 Å². The number of aryl methyl sites for hydroxylation is 1. The Labute approximate surface area is 138 Å². The summed E-state index contributed by atoms with van der Waals surface area (Å²) in [7, 11) is 0. The lowest BCUT2D eigenvalue weighted by molar-refractivity contribution is -0.114. The minimum absolute atomic E-state index is 0.0540. The number of amides is 1. The van der Waals surface area contributed by atoms with E-state index < -0.39 is 0 Å². The highest BCUT2D eigenvalue weighted by Crippen LogP contribution is 2.17. The molecule has 0 aliphatic heterocycles. The average molecular weight is 311 g/mol. The SMILES string of the molecule is CCN(CC)c1ccc(NCC(=O)Nc2ccc(C)cc2)cc1. The van der Waals surface area contributed by atoms with E-state index >= 15 is 0 Å². The maximum absolute atomic E-state index is 12.0. The van der Waals surface area contributed by atoms with E-state index in [-0.39, 0.29) is 12.5 Å². The van der Waals surface area contributed by atoms with Gasteiger partial charge in [0.15, 0.2) is 0 Å². The molecule has 0 aliphatic rings. The maximum Gasteiger partial charge on any atom is 0.243 e. The third-order valence-corrected chi connectivity index (χ3v) is 3.78. The van der Waals surface area contributed by atoms with Crippen LogP contribution in [-0.2, 0) is 4.79 Å². The second-order valence-electron chi connectivity index (χ2n) is 5.49. The highest BCUT2D eigenvalue weighted by atomic mass is 16.1. The van der Waals surface area contributed by atoms with Gasteiger partial charge in [0.05, 0.1) is 6.54 Å². The molecule has 0 fully saturated rings. The first-order valence-corrected chi connectivity index (χ1v) is 8.07. The fourth-order valence-electron chi connectivity index (χ4n) is 2.40. The van der Waals surface area contributed by atoms with Gasteiger partial charge in [0.2, 0.25) is 5.91 Å². The van der Waals surface area contributed by atoms with E-state index in [1.807, 2.05) is 43.3 Å². The van der Waals surface area contributed by atoms with Gasteiger partial charge in [-0.3, -0.25) is 4.79 Å². The zero-order valence-corrected chi connectivity index (χ0v) is 14.1. The van der Waals surface area contributed by atoms with E-state index in [2.05, 4.69) is 41.5 Å². The summed E-state index contributed by atoms with van der Waals surface area (Å²) < 4.78 is 0. The lowest BCUT2D eigenvalue weighted by Gasteiger charge is -2.21. The number of nitrogens with one attached hydrogen (secondary N) is 2. The molecule has 0 saturated heterocycles. The topological polar surface area (TPSA) is 44.4 Å². The van der Waals surface area contributed by atoms with Crippen molar-refractivity contribution in [3.05, 3.63) is 54.1 Å². The van der Waals surface area contributed by atoms with Gasteiger partial charge < -0.3 is 15.5 Å². The van der Waals surface area contributed by atoms with Gasteiger partial charge in [-0.25, -0.2) is 0 Å². The van der Waals surface area contributed by atoms with Gasteiger partial charge in [0.25, 0.3) is 0 Å². The summed E-state index contributed by atoms with van der Waals surface area (Å²) in [4.78, 5) is 14.2. The van der Waals surface area contributed by atoms with E-state index in [1.54, 1.807) is 0 Å². The van der Waals surface area contributed by atoms with Crippen LogP contribution < -0.4 is 15.5 Å². The number of carbonyl (C=O) groups is 1. The smallest absolute Gasteiger partial charge is 0.243 e. The molecular formula is C19H25N3O. The molecule has 2 aromatic carbocycles. The van der Waals surface area contributed by atoms with E-state index in [0.29, 0.717) is 0 Å². The summed E-state index contributed by atoms with van der Waals surface area (Å²) in [6.07, 6.45) is 0. The molecule has 1 amide bonds. The predicted molar refractivity (Wildman–Crippen MR) is 98.3 cm³/mol. The number of hydrogen-bond donors (Lipinski definition) is 2. The van der Waals surface area contributed by atoms with Gasteiger partial charge in [-0.15, -0.1) is 0 Å². The quantitative estimate of drug-likeness (QED) is 0.815. The molecule has 4 heteroatoms. The molecule has 0 spiro atoms. The van der Waals surface area contributed by atoms with Crippen molar-refractivity contribution in [2.45, 2.75) is 20.8 Å². The minimum atomic E-state index is -0.0540. The lowest BCUT2D eigenvalue weighted by atomic mass is 10.2. The van der Waals surface area contributed by atoms with Gasteiger partial charge in [-0.2, -0.15) is 0 Å². The predicted octanol–water partition coefficient (Wildman–Crippen LogP) is 3.89. The normalized spacial score (nSPS) is 10.2. The van der Waals surface area contributed by atoms with E-state index in [0.717, 1.165) is 24.5 Å². The Balaban J connectivity index is 1.85. The summed E-state index contributed by atoms with van der Waals surface area (Å²) >= 11 is 0. The van der Waals surface area contributed by atoms with E-state index in [9.17, 15) is 4.79 Å². The van der Waals surface area contributed by atoms with Crippen LogP contribution in [0.2, 0.25) is 0 Å². The summed E-state index contributed by atoms with van der Waals surface area (Å²) in [6, 6.07) is 15.9. The Hall–Kier alpha value is -2.49. The molecule has 0 radical (unpaired) electrons. The first-order valence-electron chi connectivity index (χ1n) is 8.07. The molecule has 2 N–H and O–H groups in total. The number of anilines is 3. The number of benzene rings is 2. The van der Waals surface area contributed by atoms with Crippen LogP contribution in [-0.4, -0.2) is 25.5 Å². The summed E-state index contributed by atoms with van der Waals surface area (Å²) in [6.45, 7) is 8.54. The van der Waals surface area contributed by atoms with Crippen molar-refractivity contribution >= 4 is 23.0 Å². The Bertz CT molecular complexity index is 616. The Morgan fingerprint density at radius 1 is 0.913 bits per heavy atom. The van der Waals surface area contributed by atoms with Gasteiger partial charge >= 0.3 is 0 Å².